The second kappa shape index (κ2) is 53.5. The van der Waals surface area contributed by atoms with E-state index in [1.54, 1.807) is 30.1 Å². The number of amides is 1. The Morgan fingerprint density at radius 1 is 0.420 bits per heavy atom. The van der Waals surface area contributed by atoms with Crippen LogP contribution in [0.2, 0.25) is 0 Å². The zero-order valence-corrected chi connectivity index (χ0v) is 72.8. The summed E-state index contributed by atoms with van der Waals surface area (Å²) in [7, 11) is -17.9. The molecule has 0 radical (unpaired) electrons. The number of anilines is 5. The predicted octanol–water partition coefficient (Wildman–Crippen LogP) is 8.74. The van der Waals surface area contributed by atoms with Crippen LogP contribution in [-0.4, -0.2) is 190 Å². The molecule has 0 bridgehead atoms. The number of phenolic OH excluding ortho intramolecular Hbond substituents is 1. The van der Waals surface area contributed by atoms with Crippen LogP contribution in [0.25, 0.3) is 0 Å². The number of nitrogens with two attached hydrogens (primary N) is 2. The SMILES string of the molecule is C.C.C#CCBr.C#CCOc1ccc(S(C)(=O)=O)cc1N.C#CCOc1ccc(S(C)(=O)=O)cc1N.C#CCOc1ccc(S(C)(=O)=O)cc1N(C)C.C#CCOc1ccc(S(C)(=O)=O)cc1NC.C#CCOc1ccc(S(C)(=O)=O)cc1NC(C)=O.C#CCOc1ccc(S(C)(=O)=O)cc1[N+](=O)[O-].CS(=O)(=O)c1ccc(O)c([N+](=O)[O-])c1.[Fe]. The molecule has 0 aliphatic heterocycles. The van der Waals surface area contributed by atoms with E-state index in [9.17, 15) is 83.9 Å². The first-order valence-electron chi connectivity index (χ1n) is 31.6. The van der Waals surface area contributed by atoms with Crippen molar-refractivity contribution in [3.63, 3.8) is 0 Å². The summed E-state index contributed by atoms with van der Waals surface area (Å²) in [6.07, 6.45) is 42.5. The molecule has 0 aromatic heterocycles. The fourth-order valence-electron chi connectivity index (χ4n) is 7.78. The van der Waals surface area contributed by atoms with Crippen LogP contribution in [-0.2, 0) is 90.7 Å². The number of ether oxygens (including phenoxy) is 6. The maximum atomic E-state index is 11.4. The molecule has 1 amide bonds. The van der Waals surface area contributed by atoms with Crippen LogP contribution in [0.1, 0.15) is 21.8 Å². The van der Waals surface area contributed by atoms with Gasteiger partial charge >= 0.3 is 11.4 Å². The van der Waals surface area contributed by atoms with Crippen LogP contribution in [0.3, 0.4) is 0 Å². The molecule has 7 aromatic carbocycles. The van der Waals surface area contributed by atoms with Gasteiger partial charge < -0.3 is 60.5 Å². The van der Waals surface area contributed by atoms with E-state index in [0.29, 0.717) is 45.5 Å². The number of nitrogens with one attached hydrogen (secondary N) is 2. The number of alkyl halides is 1. The maximum Gasteiger partial charge on any atom is 0.312 e. The number of rotatable bonds is 24. The molecule has 0 unspecified atom stereocenters. The number of nitrogen functional groups attached to an aromatic ring is 2. The monoisotopic (exact) mass is 1890 g/mol. The van der Waals surface area contributed by atoms with Gasteiger partial charge in [0.1, 0.15) is 68.4 Å². The zero-order chi connectivity index (χ0) is 89.3. The quantitative estimate of drug-likeness (QED) is 0.00942. The van der Waals surface area contributed by atoms with Gasteiger partial charge in [-0.15, -0.1) is 45.0 Å². The van der Waals surface area contributed by atoms with Crippen molar-refractivity contribution >= 4 is 131 Å². The van der Waals surface area contributed by atoms with Gasteiger partial charge in [0.25, 0.3) is 0 Å². The van der Waals surface area contributed by atoms with E-state index in [4.69, 9.17) is 90.0 Å². The number of hydrogen-bond acceptors (Lipinski definition) is 30. The molecule has 0 saturated heterocycles. The number of hydrogen-bond donors (Lipinski definition) is 5. The van der Waals surface area contributed by atoms with E-state index in [-0.39, 0.29) is 135 Å². The van der Waals surface area contributed by atoms with Crippen LogP contribution in [0, 0.1) is 107 Å². The van der Waals surface area contributed by atoms with Gasteiger partial charge in [-0.1, -0.05) is 72.2 Å². The van der Waals surface area contributed by atoms with Crippen molar-refractivity contribution in [3.8, 4) is 127 Å². The second-order valence-corrected chi connectivity index (χ2v) is 37.3. The first-order valence-corrected chi connectivity index (χ1v) is 45.9. The number of aromatic hydroxyl groups is 1. The van der Waals surface area contributed by atoms with Gasteiger partial charge in [0.05, 0.1) is 77.9 Å². The number of phenols is 1. The van der Waals surface area contributed by atoms with Gasteiger partial charge in [0.15, 0.2) is 80.4 Å². The fourth-order valence-corrected chi connectivity index (χ4v) is 12.3. The van der Waals surface area contributed by atoms with Crippen molar-refractivity contribution in [2.75, 3.05) is 137 Å². The first kappa shape index (κ1) is 114. The summed E-state index contributed by atoms with van der Waals surface area (Å²) >= 11 is 3.01. The normalized spacial score (nSPS) is 10.2. The van der Waals surface area contributed by atoms with E-state index in [1.807, 2.05) is 14.1 Å². The van der Waals surface area contributed by atoms with Crippen molar-refractivity contribution in [1.82, 2.24) is 0 Å². The Morgan fingerprint density at radius 2 is 0.664 bits per heavy atom. The molecule has 119 heavy (non-hydrogen) atoms. The summed E-state index contributed by atoms with van der Waals surface area (Å²) in [5.74, 6) is 17.4. The molecule has 0 saturated carbocycles. The maximum absolute atomic E-state index is 11.4. The van der Waals surface area contributed by atoms with E-state index in [2.05, 4.69) is 68.0 Å². The number of terminal acetylenes is 7. The summed E-state index contributed by atoms with van der Waals surface area (Å²) in [5, 5.41) is 36.1. The second-order valence-electron chi connectivity index (χ2n) is 22.7. The number of sulfone groups is 7. The number of carbonyl (C=O) groups is 1. The number of nitro groups is 2. The zero-order valence-electron chi connectivity index (χ0n) is 64.4. The molecule has 646 valence electrons. The van der Waals surface area contributed by atoms with Crippen LogP contribution >= 0.6 is 15.9 Å². The molecule has 7 aromatic rings. The standard InChI is InChI=1S/C12H13NO4S.C12H15NO3S.C11H13NO3S.C10H9NO5S.2C10H11NO3S.C7H7NO5S.C3H3Br.2CH4.Fe/c1-4-7-17-12-6-5-10(18(3,15)16)8-11(12)13-9(2)14;1-5-8-16-12-7-6-10(17(4,14)15)9-11(12)13(2)3;1-4-7-15-11-6-5-9(16(3,13)14)8-10(11)12-2;1-3-6-16-10-5-4-8(17(2,14)15)7-9(10)11(12)13;2*1-3-6-14-10-5-4-8(7-9(10)11)15(2,12)13;1-14(12,13)5-2-3-7(9)6(4-5)8(10)11;1-2-3-4;;;/h1,5-6,8H,7H2,2-3H3,(H,13,14);1,6-7,9H,8H2,2-4H3;1,5-6,8,12H,7H2,2-3H3;1,4-5,7H,6H2,2H3;2*1,4-5,7H,6,11H2,2H3;2-4,9H,1H3;1H,3H2;2*1H4;. The Bertz CT molecular complexity index is 5730. The molecule has 0 fully saturated rings. The molecule has 0 heterocycles. The van der Waals surface area contributed by atoms with Gasteiger partial charge in [0, 0.05) is 101 Å². The summed E-state index contributed by atoms with van der Waals surface area (Å²) in [4.78, 5) is 32.9. The molecule has 0 aliphatic rings. The van der Waals surface area contributed by atoms with Crippen LogP contribution in [0.5, 0.6) is 40.2 Å². The third-order valence-electron chi connectivity index (χ3n) is 13.1. The van der Waals surface area contributed by atoms with E-state index >= 15 is 0 Å². The van der Waals surface area contributed by atoms with E-state index in [0.717, 1.165) is 61.8 Å². The Hall–Kier alpha value is -11.8. The summed E-state index contributed by atoms with van der Waals surface area (Å²) in [6.45, 7) is 1.72. The van der Waals surface area contributed by atoms with Gasteiger partial charge in [-0.05, 0) is 115 Å². The van der Waals surface area contributed by atoms with Crippen molar-refractivity contribution in [2.45, 2.75) is 56.0 Å². The topological polar surface area (TPSA) is 497 Å². The smallest absolute Gasteiger partial charge is 0.312 e. The van der Waals surface area contributed by atoms with Crippen molar-refractivity contribution in [3.05, 3.63) is 148 Å². The Balaban J connectivity index is -0.000000641. The molecule has 0 spiro atoms. The van der Waals surface area contributed by atoms with Crippen LogP contribution in [0.4, 0.5) is 39.8 Å². The number of nitrogens with zero attached hydrogens (tertiary/aromatic N) is 3. The molecule has 0 aliphatic carbocycles. The molecule has 7 N–H and O–H groups in total. The third-order valence-corrected chi connectivity index (χ3v) is 21.2. The number of halogens is 1. The Kier molecular flexibility index (Phi) is 51.0. The largest absolute Gasteiger partial charge is 0.502 e. The van der Waals surface area contributed by atoms with Gasteiger partial charge in [-0.3, -0.25) is 25.0 Å². The van der Waals surface area contributed by atoms with Crippen LogP contribution < -0.4 is 55.4 Å². The molecule has 42 heteroatoms. The predicted molar refractivity (Wildman–Crippen MR) is 461 cm³/mol. The molecular formula is C77H90BrFeN7O26S7. The Labute approximate surface area is 716 Å². The summed E-state index contributed by atoms with van der Waals surface area (Å²) in [5.41, 5.74) is 12.2. The third kappa shape index (κ3) is 42.8. The molecule has 7 rings (SSSR count). The summed E-state index contributed by atoms with van der Waals surface area (Å²) < 4.78 is 189. The van der Waals surface area contributed by atoms with Gasteiger partial charge in [0.2, 0.25) is 5.91 Å². The number of benzene rings is 7. The van der Waals surface area contributed by atoms with Crippen molar-refractivity contribution in [2.24, 2.45) is 0 Å². The minimum absolute atomic E-state index is 0. The van der Waals surface area contributed by atoms with Gasteiger partial charge in [-0.25, -0.2) is 58.9 Å². The average Bonchev–Trinajstić information content (AvgIpc) is 0.848. The Morgan fingerprint density at radius 3 is 0.950 bits per heavy atom. The first-order chi connectivity index (χ1) is 53.7. The molecule has 0 atom stereocenters. The molecular weight excluding hydrogens is 1800 g/mol. The van der Waals surface area contributed by atoms with Crippen molar-refractivity contribution in [1.29, 1.82) is 0 Å². The minimum atomic E-state index is -3.50. The van der Waals surface area contributed by atoms with Crippen molar-refractivity contribution < 1.29 is 124 Å². The van der Waals surface area contributed by atoms with Crippen LogP contribution in [0.15, 0.2) is 162 Å². The van der Waals surface area contributed by atoms with E-state index in [1.165, 1.54) is 98.1 Å². The number of nitro benzene ring substituents is 2. The number of carbonyl (C=O) groups excluding carboxylic acids is 1. The average molecular weight is 1890 g/mol. The molecule has 33 nitrogen and oxygen atoms in total. The van der Waals surface area contributed by atoms with Gasteiger partial charge in [-0.2, -0.15) is 0 Å². The van der Waals surface area contributed by atoms with E-state index < -0.39 is 95.8 Å². The minimum Gasteiger partial charge on any atom is -0.502 e. The fraction of sp³-hybridized carbons (Fsp3) is 0.260. The summed E-state index contributed by atoms with van der Waals surface area (Å²) in [6, 6.07) is 28.3.